The first kappa shape index (κ1) is 72.7. The maximum absolute atomic E-state index is 13.5. The molecule has 496 valence electrons. The maximum Gasteiger partial charge on any atom is 0.323 e. The van der Waals surface area contributed by atoms with E-state index in [-0.39, 0.29) is 133 Å². The zero-order valence-electron chi connectivity index (χ0n) is 48.4. The van der Waals surface area contributed by atoms with Crippen molar-refractivity contribution < 1.29 is 102 Å². The Labute approximate surface area is 528 Å². The Kier molecular flexibility index (Phi) is 25.5. The van der Waals surface area contributed by atoms with Gasteiger partial charge in [0.15, 0.2) is 0 Å². The molecular formula is C53H60N10O23S6. The number of nitrogens with one attached hydrogen (secondary N) is 2. The molecule has 6 aromatic rings. The molecule has 0 spiro atoms. The normalized spacial score (nSPS) is 12.7. The number of azo groups is 4. The lowest BCUT2D eigenvalue weighted by Gasteiger charge is -2.13. The molecule has 92 heavy (non-hydrogen) atoms. The van der Waals surface area contributed by atoms with Crippen molar-refractivity contribution in [2.24, 2.45) is 40.9 Å². The van der Waals surface area contributed by atoms with E-state index < -0.39 is 99.5 Å². The van der Waals surface area contributed by atoms with Crippen LogP contribution in [0.4, 0.5) is 61.7 Å². The Morgan fingerprint density at radius 1 is 0.359 bits per heavy atom. The van der Waals surface area contributed by atoms with Crippen molar-refractivity contribution in [2.45, 2.75) is 62.2 Å². The Balaban J connectivity index is 1.17. The van der Waals surface area contributed by atoms with E-state index in [1.165, 1.54) is 84.9 Å². The third kappa shape index (κ3) is 25.7. The molecule has 0 aliphatic heterocycles. The first-order valence-electron chi connectivity index (χ1n) is 26.9. The van der Waals surface area contributed by atoms with Gasteiger partial charge in [-0.1, -0.05) is 0 Å². The molecule has 0 fully saturated rings. The Morgan fingerprint density at radius 3 is 1.02 bits per heavy atom. The Bertz CT molecular complexity index is 4220. The van der Waals surface area contributed by atoms with Gasteiger partial charge in [-0.3, -0.25) is 27.3 Å². The van der Waals surface area contributed by atoms with E-state index in [0.717, 1.165) is 12.1 Å². The highest BCUT2D eigenvalue weighted by atomic mass is 32.2. The van der Waals surface area contributed by atoms with Crippen LogP contribution in [0.25, 0.3) is 0 Å². The van der Waals surface area contributed by atoms with Gasteiger partial charge in [-0.05, 0) is 148 Å². The molecular weight excluding hydrogens is 1340 g/mol. The molecule has 0 heterocycles. The molecule has 6 aromatic carbocycles. The molecule has 0 bridgehead atoms. The van der Waals surface area contributed by atoms with Gasteiger partial charge in [-0.25, -0.2) is 4.79 Å². The number of hydrogen-bond acceptors (Lipinski definition) is 25. The van der Waals surface area contributed by atoms with Crippen LogP contribution in [0.1, 0.15) is 49.7 Å². The molecule has 0 aromatic heterocycles. The van der Waals surface area contributed by atoms with Crippen LogP contribution in [0.5, 0.6) is 23.0 Å². The summed E-state index contributed by atoms with van der Waals surface area (Å²) < 4.78 is 217. The lowest BCUT2D eigenvalue weighted by molar-refractivity contribution is 0.262. The van der Waals surface area contributed by atoms with Crippen molar-refractivity contribution in [1.29, 1.82) is 0 Å². The molecule has 6 rings (SSSR count). The molecule has 0 aliphatic rings. The zero-order valence-corrected chi connectivity index (χ0v) is 53.3. The second kappa shape index (κ2) is 32.3. The molecule has 39 heteroatoms. The molecule has 0 radical (unpaired) electrons. The first-order valence-corrected chi connectivity index (χ1v) is 36.2. The van der Waals surface area contributed by atoms with E-state index in [2.05, 4.69) is 51.5 Å². The molecule has 0 saturated heterocycles. The number of anilines is 2. The average Bonchev–Trinajstić information content (AvgIpc) is 0.871. The summed E-state index contributed by atoms with van der Waals surface area (Å²) in [5.74, 6) is -2.16. The quantitative estimate of drug-likeness (QED) is 0.0106. The fourth-order valence-corrected chi connectivity index (χ4v) is 11.1. The van der Waals surface area contributed by atoms with E-state index in [0.29, 0.717) is 22.5 Å². The summed E-state index contributed by atoms with van der Waals surface area (Å²) in [6.45, 7) is 2.75. The standard InChI is InChI=1S/C53H60N10O23S6/c1-35-29-39(11-15-43(35)58-62-47-19-13-41(33-51(47)91(77,78)79)83-23-7-27-89(71,72)73)56-60-45-17-9-37(31-49(45)85-21-3-5-25-87(65,66)67)54-53(64)55-38-10-18-46(50(32-38)86-22-4-6-26-88(68,69)70)61-57-40-12-16-44(36(2)30-40)59-63-48-20-14-42(34-52(48)92(80,81)82)84-24-8-28-90(74,75)76/h9-20,29-34H,3-8,21-28H2,1-2H3,(H2,54,55,64)(H,65,66,67)(H,68,69,70)(H,71,72,73)(H,74,75,76)(H,77,78,79)(H,80,81,82). The van der Waals surface area contributed by atoms with Crippen molar-refractivity contribution in [1.82, 2.24) is 0 Å². The van der Waals surface area contributed by atoms with E-state index in [4.69, 9.17) is 28.1 Å². The first-order chi connectivity index (χ1) is 43.1. The molecule has 0 atom stereocenters. The lowest BCUT2D eigenvalue weighted by Crippen LogP contribution is -2.19. The van der Waals surface area contributed by atoms with E-state index in [1.54, 1.807) is 26.0 Å². The zero-order chi connectivity index (χ0) is 67.5. The molecule has 0 aliphatic carbocycles. The van der Waals surface area contributed by atoms with Gasteiger partial charge in [-0.2, -0.15) is 71.0 Å². The van der Waals surface area contributed by atoms with Crippen LogP contribution < -0.4 is 29.6 Å². The van der Waals surface area contributed by atoms with Gasteiger partial charge >= 0.3 is 6.03 Å². The molecule has 0 saturated carbocycles. The van der Waals surface area contributed by atoms with Crippen molar-refractivity contribution >= 4 is 124 Å². The van der Waals surface area contributed by atoms with Crippen molar-refractivity contribution in [2.75, 3.05) is 60.1 Å². The fourth-order valence-electron chi connectivity index (χ4n) is 7.69. The summed E-state index contributed by atoms with van der Waals surface area (Å²) in [6.07, 6.45) is 0.189. The molecule has 2 amide bonds. The SMILES string of the molecule is Cc1cc(N=Nc2ccc(NC(=O)Nc3ccc(N=Nc4ccc(N=Nc5ccc(OCCCS(=O)(=O)O)cc5S(=O)(=O)O)c(C)c4)c(OCCCCS(=O)(=O)O)c3)cc2OCCCCS(=O)(=O)O)ccc1N=Nc1ccc(OCCCS(=O)(=O)O)cc1S(=O)(=O)O. The largest absolute Gasteiger partial charge is 0.494 e. The Morgan fingerprint density at radius 2 is 0.674 bits per heavy atom. The fraction of sp³-hybridized carbons (Fsp3) is 0.302. The topological polar surface area (TPSA) is 503 Å². The van der Waals surface area contributed by atoms with E-state index >= 15 is 0 Å². The summed E-state index contributed by atoms with van der Waals surface area (Å²) in [4.78, 5) is 12.2. The minimum atomic E-state index is -4.86. The predicted octanol–water partition coefficient (Wildman–Crippen LogP) is 11.5. The van der Waals surface area contributed by atoms with Gasteiger partial charge in [0.1, 0.15) is 55.5 Å². The number of carbonyl (C=O) groups is 1. The molecule has 8 N–H and O–H groups in total. The van der Waals surface area contributed by atoms with Crippen LogP contribution in [0.2, 0.25) is 0 Å². The summed E-state index contributed by atoms with van der Waals surface area (Å²) >= 11 is 0. The van der Waals surface area contributed by atoms with Crippen LogP contribution in [-0.2, 0) is 60.7 Å². The second-order valence-electron chi connectivity index (χ2n) is 19.6. The van der Waals surface area contributed by atoms with Crippen molar-refractivity contribution in [3.8, 4) is 23.0 Å². The molecule has 33 nitrogen and oxygen atoms in total. The van der Waals surface area contributed by atoms with E-state index in [1.807, 2.05) is 0 Å². The highest BCUT2D eigenvalue weighted by molar-refractivity contribution is 7.87. The number of unbranched alkanes of at least 4 members (excludes halogenated alkanes) is 2. The number of benzene rings is 6. The van der Waals surface area contributed by atoms with Crippen LogP contribution in [0.15, 0.2) is 160 Å². The van der Waals surface area contributed by atoms with Gasteiger partial charge in [0, 0.05) is 35.6 Å². The van der Waals surface area contributed by atoms with Gasteiger partial charge in [0.25, 0.3) is 60.7 Å². The number of ether oxygens (including phenoxy) is 4. The van der Waals surface area contributed by atoms with Gasteiger partial charge < -0.3 is 29.6 Å². The minimum absolute atomic E-state index is 0.0353. The van der Waals surface area contributed by atoms with Gasteiger partial charge in [0.05, 0.1) is 72.2 Å². The number of nitrogens with zero attached hydrogens (tertiary/aromatic N) is 8. The number of hydrogen-bond donors (Lipinski definition) is 8. The second-order valence-corrected chi connectivity index (χ2v) is 28.6. The summed E-state index contributed by atoms with van der Waals surface area (Å²) in [7, 11) is -26.7. The number of amides is 2. The third-order valence-corrected chi connectivity index (χ3v) is 17.0. The highest BCUT2D eigenvalue weighted by Gasteiger charge is 2.20. The minimum Gasteiger partial charge on any atom is -0.494 e. The van der Waals surface area contributed by atoms with Crippen LogP contribution in [-0.4, -0.2) is 133 Å². The number of urea groups is 1. The Hall–Kier alpha value is -8.35. The van der Waals surface area contributed by atoms with Gasteiger partial charge in [-0.15, -0.1) is 20.5 Å². The smallest absolute Gasteiger partial charge is 0.323 e. The number of carbonyl (C=O) groups excluding carboxylic acids is 1. The van der Waals surface area contributed by atoms with Crippen LogP contribution >= 0.6 is 0 Å². The monoisotopic (exact) mass is 1400 g/mol. The summed E-state index contributed by atoms with van der Waals surface area (Å²) in [6, 6.07) is 24.0. The maximum atomic E-state index is 13.5. The number of aryl methyl sites for hydroxylation is 2. The third-order valence-electron chi connectivity index (χ3n) is 12.0. The highest BCUT2D eigenvalue weighted by Crippen LogP contribution is 2.38. The summed E-state index contributed by atoms with van der Waals surface area (Å²) in [5.41, 5.74) is 2.21. The lowest BCUT2D eigenvalue weighted by atomic mass is 10.2. The van der Waals surface area contributed by atoms with Crippen molar-refractivity contribution in [3.63, 3.8) is 0 Å². The predicted molar refractivity (Wildman–Crippen MR) is 332 cm³/mol. The van der Waals surface area contributed by atoms with Crippen molar-refractivity contribution in [3.05, 3.63) is 120 Å². The van der Waals surface area contributed by atoms with Crippen LogP contribution in [0.3, 0.4) is 0 Å². The van der Waals surface area contributed by atoms with Gasteiger partial charge in [0.2, 0.25) is 0 Å². The van der Waals surface area contributed by atoms with E-state index in [9.17, 15) is 73.5 Å². The average molecular weight is 1400 g/mol. The number of rotatable bonds is 34. The van der Waals surface area contributed by atoms with Crippen LogP contribution in [0, 0.1) is 13.8 Å². The summed E-state index contributed by atoms with van der Waals surface area (Å²) in [5, 5.41) is 38.8. The molecule has 0 unspecified atom stereocenters.